The molecule has 0 unspecified atom stereocenters. The first-order valence-electron chi connectivity index (χ1n) is 7.04. The third-order valence-corrected chi connectivity index (χ3v) is 3.12. The second-order valence-electron chi connectivity index (χ2n) is 7.12. The summed E-state index contributed by atoms with van der Waals surface area (Å²) in [5.41, 5.74) is -0.0900. The van der Waals surface area contributed by atoms with Gasteiger partial charge in [-0.1, -0.05) is 34.6 Å². The van der Waals surface area contributed by atoms with E-state index in [-0.39, 0.29) is 11.0 Å². The molecule has 0 radical (unpaired) electrons. The van der Waals surface area contributed by atoms with Crippen molar-refractivity contribution < 1.29 is 0 Å². The number of aromatic amines is 2. The van der Waals surface area contributed by atoms with Gasteiger partial charge in [0, 0.05) is 13.1 Å². The predicted molar refractivity (Wildman–Crippen MR) is 81.5 cm³/mol. The van der Waals surface area contributed by atoms with Crippen LogP contribution < -0.4 is 21.0 Å². The highest BCUT2D eigenvalue weighted by molar-refractivity contribution is 5.71. The molecule has 1 aromatic heterocycles. The largest absolute Gasteiger partial charge is 0.346 e. The Morgan fingerprint density at radius 1 is 1.15 bits per heavy atom. The van der Waals surface area contributed by atoms with Crippen molar-refractivity contribution in [3.63, 3.8) is 0 Å². The fraction of sp³-hybridized carbons (Fsp3) is 0.714. The first-order chi connectivity index (χ1) is 9.17. The third kappa shape index (κ3) is 3.05. The molecule has 2 heterocycles. The summed E-state index contributed by atoms with van der Waals surface area (Å²) >= 11 is 0. The van der Waals surface area contributed by atoms with Crippen LogP contribution in [0.4, 0.5) is 11.5 Å². The summed E-state index contributed by atoms with van der Waals surface area (Å²) in [6, 6.07) is 0. The van der Waals surface area contributed by atoms with E-state index in [1.165, 1.54) is 0 Å². The summed E-state index contributed by atoms with van der Waals surface area (Å²) < 4.78 is 0. The molecule has 1 aromatic rings. The van der Waals surface area contributed by atoms with Crippen LogP contribution in [0.5, 0.6) is 0 Å². The van der Waals surface area contributed by atoms with Crippen molar-refractivity contribution in [2.45, 2.75) is 34.6 Å². The fourth-order valence-corrected chi connectivity index (χ4v) is 2.63. The van der Waals surface area contributed by atoms with Crippen molar-refractivity contribution in [2.75, 3.05) is 29.6 Å². The van der Waals surface area contributed by atoms with E-state index in [4.69, 9.17) is 0 Å². The zero-order valence-corrected chi connectivity index (χ0v) is 12.9. The number of fused-ring (bicyclic) bond motifs is 1. The molecule has 0 bridgehead atoms. The quantitative estimate of drug-likeness (QED) is 0.876. The maximum absolute atomic E-state index is 12.1. The number of H-pyrrole nitrogens is 2. The topological polar surface area (TPSA) is 72.2 Å². The summed E-state index contributed by atoms with van der Waals surface area (Å²) in [5.74, 6) is 1.11. The summed E-state index contributed by atoms with van der Waals surface area (Å²) in [6.45, 7) is 12.9. The van der Waals surface area contributed by atoms with Crippen molar-refractivity contribution >= 4 is 11.5 Å². The summed E-state index contributed by atoms with van der Waals surface area (Å²) in [7, 11) is 0. The maximum atomic E-state index is 12.1. The van der Waals surface area contributed by atoms with Crippen LogP contribution in [0, 0.1) is 11.3 Å². The van der Waals surface area contributed by atoms with E-state index in [9.17, 15) is 9.59 Å². The van der Waals surface area contributed by atoms with Crippen LogP contribution in [0.2, 0.25) is 0 Å². The van der Waals surface area contributed by atoms with Crippen molar-refractivity contribution in [3.05, 3.63) is 20.8 Å². The molecule has 0 aliphatic carbocycles. The SMILES string of the molecule is CC(C)CN1CN(CC(C)(C)C)c2c1[nH]c(=O)[nH]c2=O. The molecule has 20 heavy (non-hydrogen) atoms. The lowest BCUT2D eigenvalue weighted by Gasteiger charge is -2.28. The molecule has 2 N–H and O–H groups in total. The van der Waals surface area contributed by atoms with Crippen LogP contribution in [0.25, 0.3) is 0 Å². The molecule has 0 spiro atoms. The lowest BCUT2D eigenvalue weighted by Crippen LogP contribution is -2.38. The molecule has 0 amide bonds. The Morgan fingerprint density at radius 3 is 2.35 bits per heavy atom. The van der Waals surface area contributed by atoms with Gasteiger partial charge in [-0.3, -0.25) is 14.8 Å². The highest BCUT2D eigenvalue weighted by Gasteiger charge is 2.32. The minimum Gasteiger partial charge on any atom is -0.346 e. The molecule has 1 aliphatic heterocycles. The van der Waals surface area contributed by atoms with E-state index < -0.39 is 5.69 Å². The van der Waals surface area contributed by atoms with Crippen LogP contribution in [0.15, 0.2) is 9.59 Å². The van der Waals surface area contributed by atoms with Gasteiger partial charge < -0.3 is 9.80 Å². The molecule has 0 aromatic carbocycles. The van der Waals surface area contributed by atoms with Crippen molar-refractivity contribution in [1.29, 1.82) is 0 Å². The van der Waals surface area contributed by atoms with Crippen LogP contribution in [0.3, 0.4) is 0 Å². The van der Waals surface area contributed by atoms with Gasteiger partial charge in [-0.2, -0.15) is 0 Å². The van der Waals surface area contributed by atoms with E-state index in [0.717, 1.165) is 13.1 Å². The van der Waals surface area contributed by atoms with Crippen LogP contribution in [0.1, 0.15) is 34.6 Å². The van der Waals surface area contributed by atoms with E-state index >= 15 is 0 Å². The Balaban J connectivity index is 2.44. The van der Waals surface area contributed by atoms with E-state index in [0.29, 0.717) is 24.1 Å². The fourth-order valence-electron chi connectivity index (χ4n) is 2.63. The Labute approximate surface area is 118 Å². The maximum Gasteiger partial charge on any atom is 0.327 e. The van der Waals surface area contributed by atoms with E-state index in [1.807, 2.05) is 4.90 Å². The van der Waals surface area contributed by atoms with Crippen molar-refractivity contribution in [2.24, 2.45) is 11.3 Å². The van der Waals surface area contributed by atoms with Crippen molar-refractivity contribution in [3.8, 4) is 0 Å². The van der Waals surface area contributed by atoms with Gasteiger partial charge in [-0.05, 0) is 11.3 Å². The van der Waals surface area contributed by atoms with Gasteiger partial charge in [-0.15, -0.1) is 0 Å². The summed E-state index contributed by atoms with van der Waals surface area (Å²) in [4.78, 5) is 32.9. The van der Waals surface area contributed by atoms with E-state index in [2.05, 4.69) is 49.5 Å². The molecule has 112 valence electrons. The second kappa shape index (κ2) is 5.00. The lowest BCUT2D eigenvalue weighted by atomic mass is 9.96. The second-order valence-corrected chi connectivity index (χ2v) is 7.12. The van der Waals surface area contributed by atoms with Gasteiger partial charge in [-0.25, -0.2) is 4.79 Å². The molecular formula is C14H24N4O2. The number of hydrogen-bond acceptors (Lipinski definition) is 4. The minimum atomic E-state index is -0.444. The molecule has 6 nitrogen and oxygen atoms in total. The summed E-state index contributed by atoms with van der Waals surface area (Å²) in [5, 5.41) is 0. The Morgan fingerprint density at radius 2 is 1.80 bits per heavy atom. The lowest BCUT2D eigenvalue weighted by molar-refractivity contribution is 0.411. The molecular weight excluding hydrogens is 256 g/mol. The minimum absolute atomic E-state index is 0.0771. The highest BCUT2D eigenvalue weighted by Crippen LogP contribution is 2.32. The molecule has 6 heteroatoms. The molecule has 1 aliphatic rings. The Kier molecular flexibility index (Phi) is 3.67. The number of nitrogens with one attached hydrogen (secondary N) is 2. The average molecular weight is 280 g/mol. The molecule has 0 fully saturated rings. The van der Waals surface area contributed by atoms with Crippen LogP contribution >= 0.6 is 0 Å². The Bertz CT molecular complexity index is 594. The smallest absolute Gasteiger partial charge is 0.327 e. The molecule has 2 rings (SSSR count). The molecule has 0 saturated heterocycles. The van der Waals surface area contributed by atoms with Gasteiger partial charge in [0.1, 0.15) is 11.5 Å². The normalized spacial score (nSPS) is 15.1. The van der Waals surface area contributed by atoms with Gasteiger partial charge in [0.2, 0.25) is 0 Å². The van der Waals surface area contributed by atoms with Gasteiger partial charge in [0.25, 0.3) is 5.56 Å². The van der Waals surface area contributed by atoms with Crippen molar-refractivity contribution in [1.82, 2.24) is 9.97 Å². The number of rotatable bonds is 3. The zero-order valence-electron chi connectivity index (χ0n) is 12.9. The van der Waals surface area contributed by atoms with Crippen LogP contribution in [-0.2, 0) is 0 Å². The number of aromatic nitrogens is 2. The number of anilines is 2. The first-order valence-corrected chi connectivity index (χ1v) is 7.04. The number of nitrogens with zero attached hydrogens (tertiary/aromatic N) is 2. The monoisotopic (exact) mass is 280 g/mol. The van der Waals surface area contributed by atoms with Crippen LogP contribution in [-0.4, -0.2) is 29.7 Å². The average Bonchev–Trinajstić information content (AvgIpc) is 2.52. The van der Waals surface area contributed by atoms with Gasteiger partial charge in [0.05, 0.1) is 6.67 Å². The molecule has 0 atom stereocenters. The van der Waals surface area contributed by atoms with E-state index in [1.54, 1.807) is 0 Å². The zero-order chi connectivity index (χ0) is 15.1. The number of hydrogen-bond donors (Lipinski definition) is 2. The first kappa shape index (κ1) is 14.7. The molecule has 0 saturated carbocycles. The standard InChI is InChI=1S/C14H24N4O2/c1-9(2)6-17-8-18(7-14(3,4)5)10-11(17)15-13(20)16-12(10)19/h9H,6-8H2,1-5H3,(H2,15,16,19,20). The highest BCUT2D eigenvalue weighted by atomic mass is 16.2. The van der Waals surface area contributed by atoms with Gasteiger partial charge in [0.15, 0.2) is 0 Å². The summed E-state index contributed by atoms with van der Waals surface area (Å²) in [6.07, 6.45) is 0. The van der Waals surface area contributed by atoms with Gasteiger partial charge >= 0.3 is 5.69 Å². The predicted octanol–water partition coefficient (Wildman–Crippen LogP) is 1.35. The third-order valence-electron chi connectivity index (χ3n) is 3.12. The Hall–Kier alpha value is -1.72.